The Morgan fingerprint density at radius 2 is 2.16 bits per heavy atom. The number of hydrogen-bond acceptors (Lipinski definition) is 4. The van der Waals surface area contributed by atoms with Crippen LogP contribution in [0.25, 0.3) is 0 Å². The summed E-state index contributed by atoms with van der Waals surface area (Å²) in [7, 11) is 0. The van der Waals surface area contributed by atoms with Gasteiger partial charge in [-0.05, 0) is 52.0 Å². The van der Waals surface area contributed by atoms with E-state index in [0.29, 0.717) is 25.7 Å². The van der Waals surface area contributed by atoms with Gasteiger partial charge in [0.2, 0.25) is 0 Å². The monoisotopic (exact) mass is 366 g/mol. The lowest BCUT2D eigenvalue weighted by Crippen LogP contribution is -2.45. The third-order valence-corrected chi connectivity index (χ3v) is 4.44. The number of rotatable bonds is 7. The highest BCUT2D eigenvalue weighted by atomic mass is 32.1. The van der Waals surface area contributed by atoms with Gasteiger partial charge in [-0.1, -0.05) is 6.07 Å². The average molecular weight is 367 g/mol. The second-order valence-corrected chi connectivity index (χ2v) is 8.14. The van der Waals surface area contributed by atoms with E-state index in [2.05, 4.69) is 27.1 Å². The van der Waals surface area contributed by atoms with Crippen molar-refractivity contribution in [3.63, 3.8) is 0 Å². The molecule has 1 aliphatic carbocycles. The number of thiophene rings is 1. The number of carbonyl (C=O) groups excluding carboxylic acids is 1. The van der Waals surface area contributed by atoms with Gasteiger partial charge in [0.25, 0.3) is 0 Å². The fourth-order valence-corrected chi connectivity index (χ4v) is 2.95. The van der Waals surface area contributed by atoms with Crippen molar-refractivity contribution >= 4 is 23.4 Å². The highest BCUT2D eigenvalue weighted by Gasteiger charge is 2.34. The molecule has 1 heterocycles. The SMILES string of the molecule is CCNC(=NCc1cccs1)NCCN(C(=O)OC(C)(C)C)C1CC1. The normalized spacial score (nSPS) is 15.0. The Kier molecular flexibility index (Phi) is 7.11. The van der Waals surface area contributed by atoms with Crippen LogP contribution in [0.15, 0.2) is 22.5 Å². The summed E-state index contributed by atoms with van der Waals surface area (Å²) in [5.41, 5.74) is -0.464. The number of guanidine groups is 1. The van der Waals surface area contributed by atoms with Gasteiger partial charge in [-0.15, -0.1) is 11.3 Å². The van der Waals surface area contributed by atoms with Crippen LogP contribution in [0, 0.1) is 0 Å². The molecule has 0 saturated heterocycles. The van der Waals surface area contributed by atoms with Crippen molar-refractivity contribution in [2.24, 2.45) is 4.99 Å². The molecule has 0 spiro atoms. The molecule has 1 aromatic rings. The van der Waals surface area contributed by atoms with E-state index >= 15 is 0 Å². The number of nitrogens with one attached hydrogen (secondary N) is 2. The fraction of sp³-hybridized carbons (Fsp3) is 0.667. The van der Waals surface area contributed by atoms with E-state index in [9.17, 15) is 4.79 Å². The summed E-state index contributed by atoms with van der Waals surface area (Å²) in [5, 5.41) is 8.60. The molecule has 0 radical (unpaired) electrons. The Labute approximate surface area is 154 Å². The molecule has 25 heavy (non-hydrogen) atoms. The highest BCUT2D eigenvalue weighted by Crippen LogP contribution is 2.28. The van der Waals surface area contributed by atoms with Gasteiger partial charge in [0, 0.05) is 30.6 Å². The molecule has 1 aromatic heterocycles. The van der Waals surface area contributed by atoms with E-state index in [1.165, 1.54) is 4.88 Å². The molecule has 0 aromatic carbocycles. The second kappa shape index (κ2) is 9.08. The Hall–Kier alpha value is -1.76. The van der Waals surface area contributed by atoms with Gasteiger partial charge in [-0.3, -0.25) is 0 Å². The Morgan fingerprint density at radius 3 is 2.72 bits per heavy atom. The van der Waals surface area contributed by atoms with Crippen LogP contribution in [0.5, 0.6) is 0 Å². The average Bonchev–Trinajstić information content (AvgIpc) is 3.22. The summed E-state index contributed by atoms with van der Waals surface area (Å²) in [6, 6.07) is 4.43. The molecule has 7 heteroatoms. The molecule has 0 bridgehead atoms. The first-order chi connectivity index (χ1) is 11.9. The van der Waals surface area contributed by atoms with Crippen LogP contribution in [0.1, 0.15) is 45.4 Å². The number of amides is 1. The fourth-order valence-electron chi connectivity index (χ4n) is 2.33. The number of nitrogens with zero attached hydrogens (tertiary/aromatic N) is 2. The largest absolute Gasteiger partial charge is 0.444 e. The zero-order chi connectivity index (χ0) is 18.3. The summed E-state index contributed by atoms with van der Waals surface area (Å²) in [4.78, 5) is 20.0. The molecule has 1 aliphatic rings. The van der Waals surface area contributed by atoms with Gasteiger partial charge in [0.05, 0.1) is 6.54 Å². The predicted molar refractivity (Wildman–Crippen MR) is 103 cm³/mol. The van der Waals surface area contributed by atoms with Crippen molar-refractivity contribution in [1.82, 2.24) is 15.5 Å². The minimum atomic E-state index is -0.464. The van der Waals surface area contributed by atoms with Crippen LogP contribution in [-0.2, 0) is 11.3 Å². The van der Waals surface area contributed by atoms with Crippen LogP contribution < -0.4 is 10.6 Å². The van der Waals surface area contributed by atoms with E-state index in [-0.39, 0.29) is 6.09 Å². The molecule has 2 N–H and O–H groups in total. The molecule has 0 aliphatic heterocycles. The maximum Gasteiger partial charge on any atom is 0.410 e. The lowest BCUT2D eigenvalue weighted by atomic mass is 10.2. The molecule has 2 rings (SSSR count). The zero-order valence-electron chi connectivity index (χ0n) is 15.7. The van der Waals surface area contributed by atoms with E-state index in [1.807, 2.05) is 38.7 Å². The quantitative estimate of drug-likeness (QED) is 0.574. The first-order valence-electron chi connectivity index (χ1n) is 8.93. The predicted octanol–water partition coefficient (Wildman–Crippen LogP) is 3.20. The summed E-state index contributed by atoms with van der Waals surface area (Å²) in [5.74, 6) is 0.774. The summed E-state index contributed by atoms with van der Waals surface area (Å²) < 4.78 is 5.52. The first kappa shape index (κ1) is 19.6. The Bertz CT molecular complexity index is 562. The third-order valence-electron chi connectivity index (χ3n) is 3.58. The van der Waals surface area contributed by atoms with Crippen LogP contribution in [0.2, 0.25) is 0 Å². The van der Waals surface area contributed by atoms with E-state index < -0.39 is 5.60 Å². The lowest BCUT2D eigenvalue weighted by molar-refractivity contribution is 0.0238. The molecule has 1 fully saturated rings. The summed E-state index contributed by atoms with van der Waals surface area (Å²) in [6.45, 7) is 10.5. The van der Waals surface area contributed by atoms with Gasteiger partial charge in [-0.25, -0.2) is 9.79 Å². The van der Waals surface area contributed by atoms with Crippen molar-refractivity contribution in [2.75, 3.05) is 19.6 Å². The molecular weight excluding hydrogens is 336 g/mol. The topological polar surface area (TPSA) is 66.0 Å². The molecule has 140 valence electrons. The summed E-state index contributed by atoms with van der Waals surface area (Å²) >= 11 is 1.70. The Balaban J connectivity index is 1.83. The standard InChI is InChI=1S/C18H30N4O2S/c1-5-19-16(21-13-15-7-6-12-25-15)20-10-11-22(14-8-9-14)17(23)24-18(2,3)4/h6-7,12,14H,5,8-11,13H2,1-4H3,(H2,19,20,21). The minimum Gasteiger partial charge on any atom is -0.444 e. The molecule has 1 amide bonds. The van der Waals surface area contributed by atoms with Crippen molar-refractivity contribution in [1.29, 1.82) is 0 Å². The van der Waals surface area contributed by atoms with Crippen molar-refractivity contribution in [2.45, 2.75) is 58.7 Å². The van der Waals surface area contributed by atoms with Crippen LogP contribution in [0.3, 0.4) is 0 Å². The molecule has 6 nitrogen and oxygen atoms in total. The smallest absolute Gasteiger partial charge is 0.410 e. The van der Waals surface area contributed by atoms with Gasteiger partial charge >= 0.3 is 6.09 Å². The van der Waals surface area contributed by atoms with E-state index in [4.69, 9.17) is 4.74 Å². The van der Waals surface area contributed by atoms with E-state index in [0.717, 1.165) is 25.3 Å². The van der Waals surface area contributed by atoms with Crippen molar-refractivity contribution in [3.8, 4) is 0 Å². The number of carbonyl (C=O) groups is 1. The van der Waals surface area contributed by atoms with Crippen LogP contribution >= 0.6 is 11.3 Å². The Morgan fingerprint density at radius 1 is 1.40 bits per heavy atom. The number of aliphatic imine (C=N–C) groups is 1. The maximum absolute atomic E-state index is 12.4. The number of hydrogen-bond donors (Lipinski definition) is 2. The van der Waals surface area contributed by atoms with Crippen LogP contribution in [-0.4, -0.2) is 48.2 Å². The molecule has 0 atom stereocenters. The zero-order valence-corrected chi connectivity index (χ0v) is 16.5. The highest BCUT2D eigenvalue weighted by molar-refractivity contribution is 7.09. The van der Waals surface area contributed by atoms with Crippen LogP contribution in [0.4, 0.5) is 4.79 Å². The minimum absolute atomic E-state index is 0.225. The van der Waals surface area contributed by atoms with Gasteiger partial charge in [-0.2, -0.15) is 0 Å². The van der Waals surface area contributed by atoms with Crippen molar-refractivity contribution < 1.29 is 9.53 Å². The maximum atomic E-state index is 12.4. The molecular formula is C18H30N4O2S. The van der Waals surface area contributed by atoms with E-state index in [1.54, 1.807) is 11.3 Å². The van der Waals surface area contributed by atoms with Gasteiger partial charge in [0.1, 0.15) is 5.60 Å². The third kappa shape index (κ3) is 7.34. The molecule has 1 saturated carbocycles. The lowest BCUT2D eigenvalue weighted by Gasteiger charge is -2.27. The van der Waals surface area contributed by atoms with Gasteiger partial charge < -0.3 is 20.3 Å². The summed E-state index contributed by atoms with van der Waals surface area (Å²) in [6.07, 6.45) is 1.90. The second-order valence-electron chi connectivity index (χ2n) is 7.11. The van der Waals surface area contributed by atoms with Crippen molar-refractivity contribution in [3.05, 3.63) is 22.4 Å². The molecule has 0 unspecified atom stereocenters. The number of ether oxygens (including phenoxy) is 1. The van der Waals surface area contributed by atoms with Gasteiger partial charge in [0.15, 0.2) is 5.96 Å². The first-order valence-corrected chi connectivity index (χ1v) is 9.81.